The monoisotopic (exact) mass is 187 g/mol. The number of alkyl halides is 1. The van der Waals surface area contributed by atoms with Gasteiger partial charge < -0.3 is 0 Å². The van der Waals surface area contributed by atoms with Gasteiger partial charge in [-0.15, -0.1) is 22.9 Å². The van der Waals surface area contributed by atoms with E-state index in [1.807, 2.05) is 0 Å². The van der Waals surface area contributed by atoms with Crippen LogP contribution in [0.3, 0.4) is 0 Å². The van der Waals surface area contributed by atoms with E-state index in [-0.39, 0.29) is 0 Å². The van der Waals surface area contributed by atoms with Gasteiger partial charge in [-0.05, 0) is 12.8 Å². The lowest BCUT2D eigenvalue weighted by Gasteiger charge is -2.22. The van der Waals surface area contributed by atoms with Crippen molar-refractivity contribution in [2.24, 2.45) is 0 Å². The quantitative estimate of drug-likeness (QED) is 0.649. The Morgan fingerprint density at radius 3 is 2.91 bits per heavy atom. The van der Waals surface area contributed by atoms with E-state index in [0.29, 0.717) is 5.88 Å². The molecule has 2 rings (SSSR count). The molecule has 0 unspecified atom stereocenters. The minimum atomic E-state index is 0.567. The zero-order valence-electron chi connectivity index (χ0n) is 6.22. The molecule has 1 aliphatic rings. The first kappa shape index (κ1) is 7.56. The highest BCUT2D eigenvalue weighted by molar-refractivity contribution is 7.09. The second kappa shape index (κ2) is 3.11. The fourth-order valence-electron chi connectivity index (χ4n) is 1.28. The zero-order chi connectivity index (χ0) is 7.68. The molecule has 0 aromatic carbocycles. The minimum Gasteiger partial charge on any atom is -0.245 e. The predicted octanol–water partition coefficient (Wildman–Crippen LogP) is 3.15. The van der Waals surface area contributed by atoms with Gasteiger partial charge in [0, 0.05) is 11.3 Å². The van der Waals surface area contributed by atoms with E-state index >= 15 is 0 Å². The topological polar surface area (TPSA) is 12.9 Å². The van der Waals surface area contributed by atoms with Crippen LogP contribution in [0.2, 0.25) is 0 Å². The van der Waals surface area contributed by atoms with Gasteiger partial charge in [-0.2, -0.15) is 0 Å². The number of halogens is 1. The van der Waals surface area contributed by atoms with E-state index in [0.717, 1.165) is 10.9 Å². The number of nitrogens with zero attached hydrogens (tertiary/aromatic N) is 1. The normalized spacial score (nSPS) is 18.3. The van der Waals surface area contributed by atoms with E-state index in [4.69, 9.17) is 11.6 Å². The lowest BCUT2D eigenvalue weighted by atomic mass is 9.83. The number of thiazole rings is 1. The molecule has 1 aromatic heterocycles. The summed E-state index contributed by atoms with van der Waals surface area (Å²) in [4.78, 5) is 4.44. The van der Waals surface area contributed by atoms with E-state index in [2.05, 4.69) is 10.4 Å². The molecular weight excluding hydrogens is 178 g/mol. The van der Waals surface area contributed by atoms with Crippen molar-refractivity contribution in [1.82, 2.24) is 4.98 Å². The van der Waals surface area contributed by atoms with E-state index in [1.54, 1.807) is 11.3 Å². The lowest BCUT2D eigenvalue weighted by Crippen LogP contribution is -2.08. The maximum atomic E-state index is 5.65. The van der Waals surface area contributed by atoms with Gasteiger partial charge in [-0.1, -0.05) is 6.42 Å². The second-order valence-corrected chi connectivity index (χ2v) is 4.14. The van der Waals surface area contributed by atoms with Crippen molar-refractivity contribution in [3.63, 3.8) is 0 Å². The molecule has 1 heterocycles. The first-order valence-corrected chi connectivity index (χ1v) is 5.32. The molecule has 3 heteroatoms. The summed E-state index contributed by atoms with van der Waals surface area (Å²) in [6.45, 7) is 0. The fourth-order valence-corrected chi connectivity index (χ4v) is 2.25. The van der Waals surface area contributed by atoms with Gasteiger partial charge >= 0.3 is 0 Å². The molecule has 0 saturated heterocycles. The van der Waals surface area contributed by atoms with Crippen LogP contribution in [0.1, 0.15) is 35.9 Å². The largest absolute Gasteiger partial charge is 0.245 e. The third-order valence-electron chi connectivity index (χ3n) is 2.21. The first-order chi connectivity index (χ1) is 5.40. The Morgan fingerprint density at radius 1 is 1.64 bits per heavy atom. The third kappa shape index (κ3) is 1.42. The summed E-state index contributed by atoms with van der Waals surface area (Å²) in [5, 5.41) is 3.22. The van der Waals surface area contributed by atoms with Gasteiger partial charge in [0.05, 0.1) is 11.6 Å². The molecule has 1 aliphatic carbocycles. The third-order valence-corrected chi connectivity index (χ3v) is 3.49. The van der Waals surface area contributed by atoms with Crippen LogP contribution >= 0.6 is 22.9 Å². The molecule has 0 radical (unpaired) electrons. The summed E-state index contributed by atoms with van der Waals surface area (Å²) in [6.07, 6.45) is 4.02. The summed E-state index contributed by atoms with van der Waals surface area (Å²) in [5.74, 6) is 1.32. The number of aromatic nitrogens is 1. The summed E-state index contributed by atoms with van der Waals surface area (Å²) in [5.41, 5.74) is 1.27. The van der Waals surface area contributed by atoms with Gasteiger partial charge in [0.25, 0.3) is 0 Å². The van der Waals surface area contributed by atoms with Crippen LogP contribution in [-0.4, -0.2) is 4.98 Å². The molecule has 1 nitrogen and oxygen atoms in total. The Morgan fingerprint density at radius 2 is 2.45 bits per heavy atom. The predicted molar refractivity (Wildman–Crippen MR) is 48.3 cm³/mol. The van der Waals surface area contributed by atoms with Crippen molar-refractivity contribution in [2.45, 2.75) is 31.1 Å². The highest BCUT2D eigenvalue weighted by Gasteiger charge is 2.21. The molecule has 11 heavy (non-hydrogen) atoms. The van der Waals surface area contributed by atoms with Crippen molar-refractivity contribution < 1.29 is 0 Å². The van der Waals surface area contributed by atoms with Crippen molar-refractivity contribution in [3.05, 3.63) is 16.1 Å². The molecule has 0 spiro atoms. The molecule has 0 bridgehead atoms. The first-order valence-electron chi connectivity index (χ1n) is 3.90. The average Bonchev–Trinajstić information content (AvgIpc) is 2.32. The van der Waals surface area contributed by atoms with E-state index in [9.17, 15) is 0 Å². The summed E-state index contributed by atoms with van der Waals surface area (Å²) in [6, 6.07) is 0. The van der Waals surface area contributed by atoms with E-state index < -0.39 is 0 Å². The number of hydrogen-bond donors (Lipinski definition) is 0. The molecule has 1 saturated carbocycles. The van der Waals surface area contributed by atoms with Crippen LogP contribution in [0.15, 0.2) is 5.38 Å². The average molecular weight is 188 g/mol. The van der Waals surface area contributed by atoms with Crippen LogP contribution in [-0.2, 0) is 5.88 Å². The summed E-state index contributed by atoms with van der Waals surface area (Å²) < 4.78 is 0. The molecule has 0 amide bonds. The summed E-state index contributed by atoms with van der Waals surface area (Å²) >= 11 is 7.34. The van der Waals surface area contributed by atoms with Crippen molar-refractivity contribution in [3.8, 4) is 0 Å². The van der Waals surface area contributed by atoms with Crippen LogP contribution in [0.4, 0.5) is 0 Å². The maximum Gasteiger partial charge on any atom is 0.108 e. The second-order valence-electron chi connectivity index (χ2n) is 2.93. The highest BCUT2D eigenvalue weighted by atomic mass is 35.5. The van der Waals surface area contributed by atoms with Crippen LogP contribution in [0.5, 0.6) is 0 Å². The van der Waals surface area contributed by atoms with Crippen molar-refractivity contribution >= 4 is 22.9 Å². The van der Waals surface area contributed by atoms with Crippen LogP contribution in [0, 0.1) is 0 Å². The number of rotatable bonds is 2. The molecule has 0 atom stereocenters. The summed E-state index contributed by atoms with van der Waals surface area (Å²) in [7, 11) is 0. The SMILES string of the molecule is ClCc1nc(C2CCC2)cs1. The zero-order valence-corrected chi connectivity index (χ0v) is 7.79. The van der Waals surface area contributed by atoms with Gasteiger partial charge in [0.1, 0.15) is 5.01 Å². The number of hydrogen-bond acceptors (Lipinski definition) is 2. The lowest BCUT2D eigenvalue weighted by molar-refractivity contribution is 0.412. The fraction of sp³-hybridized carbons (Fsp3) is 0.625. The Bertz CT molecular complexity index is 242. The molecule has 60 valence electrons. The Kier molecular flexibility index (Phi) is 2.14. The Labute approximate surface area is 75.4 Å². The molecule has 1 fully saturated rings. The van der Waals surface area contributed by atoms with Gasteiger partial charge in [-0.3, -0.25) is 0 Å². The van der Waals surface area contributed by atoms with Crippen LogP contribution in [0.25, 0.3) is 0 Å². The standard InChI is InChI=1S/C8H10ClNS/c9-4-8-10-7(5-11-8)6-2-1-3-6/h5-6H,1-4H2. The van der Waals surface area contributed by atoms with Crippen molar-refractivity contribution in [1.29, 1.82) is 0 Å². The highest BCUT2D eigenvalue weighted by Crippen LogP contribution is 2.36. The van der Waals surface area contributed by atoms with Crippen LogP contribution < -0.4 is 0 Å². The Hall–Kier alpha value is -0.0800. The van der Waals surface area contributed by atoms with E-state index in [1.165, 1.54) is 25.0 Å². The van der Waals surface area contributed by atoms with Gasteiger partial charge in [0.15, 0.2) is 0 Å². The maximum absolute atomic E-state index is 5.65. The molecule has 0 N–H and O–H groups in total. The molecule has 0 aliphatic heterocycles. The molecular formula is C8H10ClNS. The molecule has 1 aromatic rings. The Balaban J connectivity index is 2.11. The van der Waals surface area contributed by atoms with Gasteiger partial charge in [-0.25, -0.2) is 4.98 Å². The van der Waals surface area contributed by atoms with Gasteiger partial charge in [0.2, 0.25) is 0 Å². The van der Waals surface area contributed by atoms with Crippen molar-refractivity contribution in [2.75, 3.05) is 0 Å². The minimum absolute atomic E-state index is 0.567. The smallest absolute Gasteiger partial charge is 0.108 e.